The molecule has 0 atom stereocenters. The van der Waals surface area contributed by atoms with Gasteiger partial charge in [-0.05, 0) is 62.7 Å². The van der Waals surface area contributed by atoms with E-state index in [0.717, 1.165) is 16.2 Å². The molecule has 1 amide bonds. The molecule has 4 rings (SSSR count). The maximum absolute atomic E-state index is 13.6. The molecule has 0 saturated heterocycles. The van der Waals surface area contributed by atoms with Crippen LogP contribution in [0.3, 0.4) is 0 Å². The fraction of sp³-hybridized carbons (Fsp3) is 0.240. The van der Waals surface area contributed by atoms with Gasteiger partial charge in [-0.25, -0.2) is 4.98 Å². The van der Waals surface area contributed by atoms with Crippen LogP contribution in [0.15, 0.2) is 58.5 Å². The largest absolute Gasteiger partial charge is 0.497 e. The Balaban J connectivity index is 1.67. The Bertz CT molecular complexity index is 1390. The third-order valence-electron chi connectivity index (χ3n) is 5.26. The van der Waals surface area contributed by atoms with Gasteiger partial charge in [0.15, 0.2) is 5.16 Å². The predicted molar refractivity (Wildman–Crippen MR) is 138 cm³/mol. The van der Waals surface area contributed by atoms with Gasteiger partial charge in [0.2, 0.25) is 5.91 Å². The van der Waals surface area contributed by atoms with Gasteiger partial charge in [-0.3, -0.25) is 14.2 Å². The molecule has 176 valence electrons. The highest BCUT2D eigenvalue weighted by molar-refractivity contribution is 7.99. The molecule has 0 aliphatic rings. The van der Waals surface area contributed by atoms with Crippen LogP contribution in [-0.2, 0) is 4.79 Å². The predicted octanol–water partition coefficient (Wildman–Crippen LogP) is 5.20. The number of thiophene rings is 1. The number of hydrogen-bond acceptors (Lipinski definition) is 7. The number of fused-ring (bicyclic) bond motifs is 1. The van der Waals surface area contributed by atoms with Crippen molar-refractivity contribution in [2.45, 2.75) is 25.9 Å². The molecule has 2 aromatic carbocycles. The van der Waals surface area contributed by atoms with Crippen LogP contribution in [0.1, 0.15) is 17.4 Å². The summed E-state index contributed by atoms with van der Waals surface area (Å²) in [5.74, 6) is 1.27. The Morgan fingerprint density at radius 1 is 1.15 bits per heavy atom. The fourth-order valence-electron chi connectivity index (χ4n) is 3.49. The van der Waals surface area contributed by atoms with Crippen LogP contribution in [0.2, 0.25) is 0 Å². The first-order chi connectivity index (χ1) is 16.4. The minimum Gasteiger partial charge on any atom is -0.497 e. The fourth-order valence-corrected chi connectivity index (χ4v) is 5.37. The number of hydrogen-bond donors (Lipinski definition) is 1. The SMILES string of the molecule is CCOc1ccc(-n2c(SCC(=O)Nc3cccc(OC)c3)nc3sc(C)c(C)c3c2=O)cc1. The second kappa shape index (κ2) is 10.3. The highest BCUT2D eigenvalue weighted by Gasteiger charge is 2.19. The number of aryl methyl sites for hydroxylation is 2. The summed E-state index contributed by atoms with van der Waals surface area (Å²) in [4.78, 5) is 32.7. The number of benzene rings is 2. The lowest BCUT2D eigenvalue weighted by atomic mass is 10.2. The molecular formula is C25H25N3O4S2. The number of carbonyl (C=O) groups is 1. The van der Waals surface area contributed by atoms with Crippen LogP contribution < -0.4 is 20.3 Å². The van der Waals surface area contributed by atoms with Crippen LogP contribution in [-0.4, -0.2) is 34.9 Å². The minimum absolute atomic E-state index is 0.0928. The zero-order valence-corrected chi connectivity index (χ0v) is 21.0. The first-order valence-corrected chi connectivity index (χ1v) is 12.5. The quantitative estimate of drug-likeness (QED) is 0.267. The van der Waals surface area contributed by atoms with Crippen molar-refractivity contribution >= 4 is 44.9 Å². The molecule has 0 aliphatic heterocycles. The highest BCUT2D eigenvalue weighted by Crippen LogP contribution is 2.30. The summed E-state index contributed by atoms with van der Waals surface area (Å²) >= 11 is 2.71. The van der Waals surface area contributed by atoms with Gasteiger partial charge in [-0.15, -0.1) is 11.3 Å². The molecule has 0 saturated carbocycles. The number of ether oxygens (including phenoxy) is 2. The Kier molecular flexibility index (Phi) is 7.23. The molecule has 0 bridgehead atoms. The molecule has 0 spiro atoms. The maximum Gasteiger partial charge on any atom is 0.267 e. The molecule has 0 fully saturated rings. The van der Waals surface area contributed by atoms with Crippen molar-refractivity contribution in [3.63, 3.8) is 0 Å². The van der Waals surface area contributed by atoms with E-state index in [-0.39, 0.29) is 17.2 Å². The number of carbonyl (C=O) groups excluding carboxylic acids is 1. The normalized spacial score (nSPS) is 10.9. The van der Waals surface area contributed by atoms with Crippen LogP contribution in [0, 0.1) is 13.8 Å². The van der Waals surface area contributed by atoms with Crippen LogP contribution in [0.4, 0.5) is 5.69 Å². The summed E-state index contributed by atoms with van der Waals surface area (Å²) in [6.45, 7) is 6.40. The van der Waals surface area contributed by atoms with E-state index in [9.17, 15) is 9.59 Å². The minimum atomic E-state index is -0.204. The van der Waals surface area contributed by atoms with Crippen molar-refractivity contribution in [1.82, 2.24) is 9.55 Å². The Hall–Kier alpha value is -3.30. The topological polar surface area (TPSA) is 82.4 Å². The summed E-state index contributed by atoms with van der Waals surface area (Å²) < 4.78 is 12.3. The van der Waals surface area contributed by atoms with E-state index in [0.29, 0.717) is 39.1 Å². The molecule has 2 aromatic heterocycles. The lowest BCUT2D eigenvalue weighted by Gasteiger charge is -2.13. The Labute approximate surface area is 205 Å². The highest BCUT2D eigenvalue weighted by atomic mass is 32.2. The zero-order valence-electron chi connectivity index (χ0n) is 19.4. The second-order valence-corrected chi connectivity index (χ2v) is 9.64. The number of nitrogens with zero attached hydrogens (tertiary/aromatic N) is 2. The van der Waals surface area contributed by atoms with E-state index in [1.54, 1.807) is 23.8 Å². The molecule has 1 N–H and O–H groups in total. The number of nitrogens with one attached hydrogen (secondary N) is 1. The Morgan fingerprint density at radius 2 is 1.91 bits per heavy atom. The third-order valence-corrected chi connectivity index (χ3v) is 7.30. The summed E-state index contributed by atoms with van der Waals surface area (Å²) in [5.41, 5.74) is 2.10. The van der Waals surface area contributed by atoms with E-state index in [4.69, 9.17) is 14.5 Å². The zero-order chi connectivity index (χ0) is 24.2. The lowest BCUT2D eigenvalue weighted by molar-refractivity contribution is -0.113. The first-order valence-electron chi connectivity index (χ1n) is 10.7. The van der Waals surface area contributed by atoms with Crippen molar-refractivity contribution < 1.29 is 14.3 Å². The average molecular weight is 496 g/mol. The van der Waals surface area contributed by atoms with Crippen LogP contribution >= 0.6 is 23.1 Å². The monoisotopic (exact) mass is 495 g/mol. The van der Waals surface area contributed by atoms with Crippen LogP contribution in [0.25, 0.3) is 15.9 Å². The molecule has 0 unspecified atom stereocenters. The van der Waals surface area contributed by atoms with Gasteiger partial charge in [0, 0.05) is 16.6 Å². The smallest absolute Gasteiger partial charge is 0.267 e. The molecular weight excluding hydrogens is 470 g/mol. The van der Waals surface area contributed by atoms with Gasteiger partial charge in [0.1, 0.15) is 16.3 Å². The number of amides is 1. The number of methoxy groups -OCH3 is 1. The average Bonchev–Trinajstić information content (AvgIpc) is 3.12. The molecule has 2 heterocycles. The van der Waals surface area contributed by atoms with Gasteiger partial charge in [-0.1, -0.05) is 17.8 Å². The third kappa shape index (κ3) is 4.95. The van der Waals surface area contributed by atoms with Gasteiger partial charge in [0.05, 0.1) is 30.5 Å². The van der Waals surface area contributed by atoms with Crippen molar-refractivity contribution in [1.29, 1.82) is 0 Å². The van der Waals surface area contributed by atoms with Gasteiger partial charge < -0.3 is 14.8 Å². The standard InChI is InChI=1S/C25H25N3O4S2/c1-5-32-19-11-9-18(10-12-19)28-24(30)22-15(2)16(3)34-23(22)27-25(28)33-14-21(29)26-17-7-6-8-20(13-17)31-4/h6-13H,5,14H2,1-4H3,(H,26,29). The van der Waals surface area contributed by atoms with Crippen molar-refractivity contribution in [3.8, 4) is 17.2 Å². The summed E-state index contributed by atoms with van der Waals surface area (Å²) in [7, 11) is 1.58. The first kappa shape index (κ1) is 23.8. The molecule has 0 radical (unpaired) electrons. The molecule has 4 aromatic rings. The Morgan fingerprint density at radius 3 is 2.62 bits per heavy atom. The van der Waals surface area contributed by atoms with Crippen molar-refractivity contribution in [3.05, 3.63) is 69.3 Å². The van der Waals surface area contributed by atoms with Crippen molar-refractivity contribution in [2.24, 2.45) is 0 Å². The van der Waals surface area contributed by atoms with Crippen molar-refractivity contribution in [2.75, 3.05) is 24.8 Å². The summed E-state index contributed by atoms with van der Waals surface area (Å²) in [6.07, 6.45) is 0. The van der Waals surface area contributed by atoms with E-state index >= 15 is 0 Å². The number of rotatable bonds is 8. The van der Waals surface area contributed by atoms with Gasteiger partial charge >= 0.3 is 0 Å². The van der Waals surface area contributed by atoms with E-state index in [2.05, 4.69) is 5.32 Å². The number of aromatic nitrogens is 2. The lowest BCUT2D eigenvalue weighted by Crippen LogP contribution is -2.22. The summed E-state index contributed by atoms with van der Waals surface area (Å²) in [5, 5.41) is 3.94. The second-order valence-electron chi connectivity index (χ2n) is 7.49. The van der Waals surface area contributed by atoms with Gasteiger partial charge in [0.25, 0.3) is 5.56 Å². The molecule has 9 heteroatoms. The molecule has 34 heavy (non-hydrogen) atoms. The van der Waals surface area contributed by atoms with E-state index < -0.39 is 0 Å². The van der Waals surface area contributed by atoms with E-state index in [1.807, 2.05) is 57.2 Å². The number of thioether (sulfide) groups is 1. The number of anilines is 1. The van der Waals surface area contributed by atoms with Crippen LogP contribution in [0.5, 0.6) is 11.5 Å². The maximum atomic E-state index is 13.6. The van der Waals surface area contributed by atoms with Gasteiger partial charge in [-0.2, -0.15) is 0 Å². The van der Waals surface area contributed by atoms with E-state index in [1.165, 1.54) is 23.1 Å². The molecule has 7 nitrogen and oxygen atoms in total. The molecule has 0 aliphatic carbocycles. The summed E-state index contributed by atoms with van der Waals surface area (Å²) in [6, 6.07) is 14.5.